The number of hydrogen-bond acceptors (Lipinski definition) is 4. The van der Waals surface area contributed by atoms with Crippen LogP contribution < -0.4 is 5.32 Å². The fourth-order valence-electron chi connectivity index (χ4n) is 1.52. The molecule has 1 amide bonds. The van der Waals surface area contributed by atoms with Crippen LogP contribution in [0.25, 0.3) is 0 Å². The van der Waals surface area contributed by atoms with Crippen molar-refractivity contribution in [3.8, 4) is 0 Å². The molecule has 0 atom stereocenters. The molecule has 6 nitrogen and oxygen atoms in total. The van der Waals surface area contributed by atoms with Gasteiger partial charge in [0.15, 0.2) is 11.5 Å². The monoisotopic (exact) mass is 357 g/mol. The van der Waals surface area contributed by atoms with Gasteiger partial charge in [0.1, 0.15) is 11.5 Å². The first-order chi connectivity index (χ1) is 9.88. The zero-order valence-corrected chi connectivity index (χ0v) is 11.7. The van der Waals surface area contributed by atoms with Crippen molar-refractivity contribution in [2.45, 2.75) is 0 Å². The molecule has 0 radical (unpaired) electrons. The van der Waals surface area contributed by atoms with Gasteiger partial charge in [0.25, 0.3) is 11.6 Å². The number of aromatic nitrogens is 1. The largest absolute Gasteiger partial charge is 0.312 e. The van der Waals surface area contributed by atoms with Crippen LogP contribution in [0.5, 0.6) is 0 Å². The van der Waals surface area contributed by atoms with Crippen LogP contribution >= 0.6 is 15.9 Å². The Morgan fingerprint density at radius 3 is 2.62 bits per heavy atom. The second kappa shape index (κ2) is 5.92. The number of anilines is 1. The Bertz CT molecular complexity index is 722. The summed E-state index contributed by atoms with van der Waals surface area (Å²) in [5.74, 6) is -3.21. The van der Waals surface area contributed by atoms with Crippen molar-refractivity contribution >= 4 is 33.2 Å². The maximum atomic E-state index is 13.6. The lowest BCUT2D eigenvalue weighted by atomic mass is 10.2. The van der Waals surface area contributed by atoms with Gasteiger partial charge in [-0.05, 0) is 28.1 Å². The van der Waals surface area contributed by atoms with Gasteiger partial charge >= 0.3 is 0 Å². The molecule has 9 heteroatoms. The number of nitro benzene ring substituents is 1. The number of carbonyl (C=O) groups is 1. The van der Waals surface area contributed by atoms with Crippen LogP contribution in [0.2, 0.25) is 0 Å². The Hall–Kier alpha value is -2.42. The molecule has 0 saturated carbocycles. The number of hydrogen-bond donors (Lipinski definition) is 1. The van der Waals surface area contributed by atoms with E-state index in [1.807, 2.05) is 5.32 Å². The van der Waals surface area contributed by atoms with E-state index in [-0.39, 0.29) is 5.69 Å². The van der Waals surface area contributed by atoms with Crippen LogP contribution in [-0.2, 0) is 0 Å². The molecule has 0 unspecified atom stereocenters. The summed E-state index contributed by atoms with van der Waals surface area (Å²) in [4.78, 5) is 25.4. The molecule has 0 aliphatic rings. The molecule has 1 aromatic heterocycles. The van der Waals surface area contributed by atoms with E-state index in [1.165, 1.54) is 18.3 Å². The van der Waals surface area contributed by atoms with Gasteiger partial charge in [-0.15, -0.1) is 0 Å². The third kappa shape index (κ3) is 3.37. The van der Waals surface area contributed by atoms with Crippen molar-refractivity contribution in [2.75, 3.05) is 5.32 Å². The minimum atomic E-state index is -1.24. The van der Waals surface area contributed by atoms with E-state index in [1.54, 1.807) is 0 Å². The molecule has 21 heavy (non-hydrogen) atoms. The summed E-state index contributed by atoms with van der Waals surface area (Å²) in [6.07, 6.45) is 1.34. The molecule has 1 N–H and O–H groups in total. The van der Waals surface area contributed by atoms with Gasteiger partial charge in [0.05, 0.1) is 11.0 Å². The summed E-state index contributed by atoms with van der Waals surface area (Å²) in [6.45, 7) is 0. The highest BCUT2D eigenvalue weighted by molar-refractivity contribution is 9.10. The fourth-order valence-corrected chi connectivity index (χ4v) is 1.75. The van der Waals surface area contributed by atoms with Crippen LogP contribution in [0.3, 0.4) is 0 Å². The van der Waals surface area contributed by atoms with Crippen LogP contribution in [0.1, 0.15) is 10.5 Å². The minimum Gasteiger partial charge on any atom is -0.312 e. The van der Waals surface area contributed by atoms with E-state index in [9.17, 15) is 23.7 Å². The Balaban J connectivity index is 2.37. The smallest absolute Gasteiger partial charge is 0.298 e. The maximum absolute atomic E-state index is 13.6. The summed E-state index contributed by atoms with van der Waals surface area (Å²) in [6, 6.07) is 3.83. The number of amides is 1. The number of benzene rings is 1. The average Bonchev–Trinajstić information content (AvgIpc) is 2.41. The van der Waals surface area contributed by atoms with Crippen LogP contribution in [-0.4, -0.2) is 15.8 Å². The predicted octanol–water partition coefficient (Wildman–Crippen LogP) is 3.28. The van der Waals surface area contributed by atoms with E-state index in [0.717, 1.165) is 0 Å². The first kappa shape index (κ1) is 15.0. The highest BCUT2D eigenvalue weighted by Crippen LogP contribution is 2.29. The number of halogens is 3. The topological polar surface area (TPSA) is 85.1 Å². The van der Waals surface area contributed by atoms with Gasteiger partial charge in [0, 0.05) is 16.7 Å². The number of nitrogens with one attached hydrogen (secondary N) is 1. The van der Waals surface area contributed by atoms with Gasteiger partial charge in [-0.1, -0.05) is 0 Å². The molecule has 0 bridgehead atoms. The summed E-state index contributed by atoms with van der Waals surface area (Å²) in [5, 5.41) is 12.8. The minimum absolute atomic E-state index is 0.0729. The number of nitro groups is 1. The van der Waals surface area contributed by atoms with E-state index < -0.39 is 33.8 Å². The van der Waals surface area contributed by atoms with Gasteiger partial charge in [0.2, 0.25) is 0 Å². The summed E-state index contributed by atoms with van der Waals surface area (Å²) in [7, 11) is 0. The summed E-state index contributed by atoms with van der Waals surface area (Å²) < 4.78 is 27.2. The lowest BCUT2D eigenvalue weighted by Crippen LogP contribution is -2.16. The molecule has 0 aliphatic carbocycles. The Morgan fingerprint density at radius 2 is 2.05 bits per heavy atom. The Kier molecular flexibility index (Phi) is 4.22. The third-order valence-corrected chi connectivity index (χ3v) is 2.90. The van der Waals surface area contributed by atoms with E-state index in [2.05, 4.69) is 20.9 Å². The van der Waals surface area contributed by atoms with E-state index >= 15 is 0 Å². The maximum Gasteiger partial charge on any atom is 0.298 e. The molecule has 0 aliphatic heterocycles. The summed E-state index contributed by atoms with van der Waals surface area (Å²) in [5.41, 5.74) is -1.66. The molecule has 0 fully saturated rings. The zero-order chi connectivity index (χ0) is 15.6. The summed E-state index contributed by atoms with van der Waals surface area (Å²) >= 11 is 3.13. The SMILES string of the molecule is O=C(Nc1c(F)cc(F)cc1[N+](=O)[O-])c1ccc(Br)cn1. The molecule has 1 heterocycles. The highest BCUT2D eigenvalue weighted by atomic mass is 79.9. The number of carbonyl (C=O) groups excluding carboxylic acids is 1. The van der Waals surface area contributed by atoms with Crippen LogP contribution in [0.15, 0.2) is 34.9 Å². The second-order valence-corrected chi connectivity index (χ2v) is 4.77. The van der Waals surface area contributed by atoms with Gasteiger partial charge in [-0.3, -0.25) is 14.9 Å². The van der Waals surface area contributed by atoms with Crippen LogP contribution in [0.4, 0.5) is 20.2 Å². The number of pyridine rings is 1. The van der Waals surface area contributed by atoms with Crippen molar-refractivity contribution in [3.63, 3.8) is 0 Å². The van der Waals surface area contributed by atoms with Gasteiger partial charge in [-0.2, -0.15) is 0 Å². The molecule has 0 saturated heterocycles. The molecular weight excluding hydrogens is 352 g/mol. The molecule has 2 rings (SSSR count). The average molecular weight is 358 g/mol. The normalized spacial score (nSPS) is 10.2. The first-order valence-corrected chi connectivity index (χ1v) is 6.24. The standard InChI is InChI=1S/C12H6BrF2N3O3/c13-6-1-2-9(16-5-6)12(19)17-11-8(15)3-7(14)4-10(11)18(20)21/h1-5H,(H,17,19). The fraction of sp³-hybridized carbons (Fsp3) is 0. The Labute approximate surface area is 125 Å². The predicted molar refractivity (Wildman–Crippen MR) is 72.9 cm³/mol. The Morgan fingerprint density at radius 1 is 1.33 bits per heavy atom. The zero-order valence-electron chi connectivity index (χ0n) is 10.1. The van der Waals surface area contributed by atoms with Crippen molar-refractivity contribution in [2.24, 2.45) is 0 Å². The van der Waals surface area contributed by atoms with Crippen LogP contribution in [0, 0.1) is 21.7 Å². The van der Waals surface area contributed by atoms with E-state index in [4.69, 9.17) is 0 Å². The highest BCUT2D eigenvalue weighted by Gasteiger charge is 2.23. The van der Waals surface area contributed by atoms with Crippen molar-refractivity contribution in [1.29, 1.82) is 0 Å². The second-order valence-electron chi connectivity index (χ2n) is 3.85. The number of nitrogens with zero attached hydrogens (tertiary/aromatic N) is 2. The molecular formula is C12H6BrF2N3O3. The number of rotatable bonds is 3. The molecule has 2 aromatic rings. The van der Waals surface area contributed by atoms with E-state index in [0.29, 0.717) is 16.6 Å². The molecule has 1 aromatic carbocycles. The third-order valence-electron chi connectivity index (χ3n) is 2.43. The quantitative estimate of drug-likeness (QED) is 0.674. The van der Waals surface area contributed by atoms with Crippen molar-refractivity contribution in [1.82, 2.24) is 4.98 Å². The molecule has 108 valence electrons. The first-order valence-electron chi connectivity index (χ1n) is 5.45. The van der Waals surface area contributed by atoms with Crippen molar-refractivity contribution < 1.29 is 18.5 Å². The lowest BCUT2D eigenvalue weighted by molar-refractivity contribution is -0.384. The van der Waals surface area contributed by atoms with Gasteiger partial charge in [-0.25, -0.2) is 13.8 Å². The van der Waals surface area contributed by atoms with Crippen molar-refractivity contribution in [3.05, 3.63) is 62.4 Å². The lowest BCUT2D eigenvalue weighted by Gasteiger charge is -2.07. The molecule has 0 spiro atoms. The van der Waals surface area contributed by atoms with Gasteiger partial charge < -0.3 is 5.32 Å².